The molecule has 0 bridgehead atoms. The SMILES string of the molecule is CN(C)S(=O)(=O)c1ccc(Cl)c(C(=O)NC2CCS(=O)(=O)C2)c1. The Bertz CT molecular complexity index is 834. The van der Waals surface area contributed by atoms with Crippen LogP contribution in [0.25, 0.3) is 0 Å². The van der Waals surface area contributed by atoms with Crippen molar-refractivity contribution in [1.82, 2.24) is 9.62 Å². The Balaban J connectivity index is 2.27. The number of benzene rings is 1. The molecule has 1 fully saturated rings. The van der Waals surface area contributed by atoms with Crippen molar-refractivity contribution in [2.24, 2.45) is 0 Å². The number of sulfone groups is 1. The van der Waals surface area contributed by atoms with Gasteiger partial charge in [-0.15, -0.1) is 0 Å². The molecule has 7 nitrogen and oxygen atoms in total. The van der Waals surface area contributed by atoms with Gasteiger partial charge in [0.1, 0.15) is 0 Å². The summed E-state index contributed by atoms with van der Waals surface area (Å²) in [6, 6.07) is 3.35. The van der Waals surface area contributed by atoms with Gasteiger partial charge in [-0.3, -0.25) is 4.79 Å². The highest BCUT2D eigenvalue weighted by molar-refractivity contribution is 7.91. The van der Waals surface area contributed by atoms with Crippen LogP contribution in [0.1, 0.15) is 16.8 Å². The zero-order valence-electron chi connectivity index (χ0n) is 12.6. The summed E-state index contributed by atoms with van der Waals surface area (Å²) in [6.45, 7) is 0. The predicted octanol–water partition coefficient (Wildman–Crippen LogP) is 0.507. The highest BCUT2D eigenvalue weighted by atomic mass is 35.5. The maximum atomic E-state index is 12.3. The van der Waals surface area contributed by atoms with Crippen LogP contribution in [0.3, 0.4) is 0 Å². The summed E-state index contributed by atoms with van der Waals surface area (Å²) in [6.07, 6.45) is 0.335. The fourth-order valence-electron chi connectivity index (χ4n) is 2.22. The van der Waals surface area contributed by atoms with Crippen LogP contribution in [-0.4, -0.2) is 58.7 Å². The molecule has 1 N–H and O–H groups in total. The van der Waals surface area contributed by atoms with Crippen molar-refractivity contribution in [2.45, 2.75) is 17.4 Å². The van der Waals surface area contributed by atoms with Gasteiger partial charge in [-0.1, -0.05) is 11.6 Å². The van der Waals surface area contributed by atoms with Crippen LogP contribution in [0.2, 0.25) is 5.02 Å². The van der Waals surface area contributed by atoms with E-state index in [1.165, 1.54) is 32.3 Å². The second kappa shape index (κ2) is 6.39. The minimum atomic E-state index is -3.70. The number of hydrogen-bond donors (Lipinski definition) is 1. The summed E-state index contributed by atoms with van der Waals surface area (Å²) in [4.78, 5) is 12.2. The number of rotatable bonds is 4. The first-order valence-electron chi connectivity index (χ1n) is 6.76. The molecule has 1 aromatic carbocycles. The second-order valence-corrected chi connectivity index (χ2v) is 10.3. The molecular formula is C13H17ClN2O5S2. The van der Waals surface area contributed by atoms with E-state index < -0.39 is 31.8 Å². The first-order valence-corrected chi connectivity index (χ1v) is 10.4. The van der Waals surface area contributed by atoms with Gasteiger partial charge in [0.15, 0.2) is 9.84 Å². The number of nitrogens with zero attached hydrogens (tertiary/aromatic N) is 1. The molecule has 0 aromatic heterocycles. The van der Waals surface area contributed by atoms with E-state index >= 15 is 0 Å². The Labute approximate surface area is 140 Å². The molecule has 2 rings (SSSR count). The largest absolute Gasteiger partial charge is 0.348 e. The molecule has 0 saturated carbocycles. The molecule has 10 heteroatoms. The third kappa shape index (κ3) is 4.03. The Kier molecular flexibility index (Phi) is 5.05. The lowest BCUT2D eigenvalue weighted by Crippen LogP contribution is -2.35. The van der Waals surface area contributed by atoms with Crippen LogP contribution in [-0.2, 0) is 19.9 Å². The van der Waals surface area contributed by atoms with E-state index in [9.17, 15) is 21.6 Å². The number of sulfonamides is 1. The Hall–Kier alpha value is -1.16. The quantitative estimate of drug-likeness (QED) is 0.820. The lowest BCUT2D eigenvalue weighted by Gasteiger charge is -2.15. The molecule has 1 unspecified atom stereocenters. The highest BCUT2D eigenvalue weighted by Gasteiger charge is 2.30. The maximum Gasteiger partial charge on any atom is 0.253 e. The normalized spacial score (nSPS) is 20.6. The van der Waals surface area contributed by atoms with Crippen molar-refractivity contribution >= 4 is 37.4 Å². The van der Waals surface area contributed by atoms with Gasteiger partial charge >= 0.3 is 0 Å². The summed E-state index contributed by atoms with van der Waals surface area (Å²) in [5.74, 6) is -0.680. The molecule has 23 heavy (non-hydrogen) atoms. The van der Waals surface area contributed by atoms with E-state index in [1.54, 1.807) is 0 Å². The van der Waals surface area contributed by atoms with E-state index in [0.717, 1.165) is 4.31 Å². The molecule has 1 saturated heterocycles. The summed E-state index contributed by atoms with van der Waals surface area (Å²) >= 11 is 5.97. The van der Waals surface area contributed by atoms with E-state index in [2.05, 4.69) is 5.32 Å². The monoisotopic (exact) mass is 380 g/mol. The summed E-state index contributed by atoms with van der Waals surface area (Å²) in [5, 5.41) is 2.69. The number of carbonyl (C=O) groups is 1. The fraction of sp³-hybridized carbons (Fsp3) is 0.462. The highest BCUT2D eigenvalue weighted by Crippen LogP contribution is 2.23. The third-order valence-electron chi connectivity index (χ3n) is 3.53. The molecule has 1 aromatic rings. The zero-order chi connectivity index (χ0) is 17.4. The lowest BCUT2D eigenvalue weighted by molar-refractivity contribution is 0.0941. The molecular weight excluding hydrogens is 364 g/mol. The average molecular weight is 381 g/mol. The standard InChI is InChI=1S/C13H17ClN2O5S2/c1-16(2)23(20,21)10-3-4-12(14)11(7-10)13(17)15-9-5-6-22(18,19)8-9/h3-4,7,9H,5-6,8H2,1-2H3,(H,15,17). The number of amides is 1. The first kappa shape index (κ1) is 18.2. The van der Waals surface area contributed by atoms with E-state index in [4.69, 9.17) is 11.6 Å². The first-order chi connectivity index (χ1) is 10.5. The molecule has 1 amide bonds. The van der Waals surface area contributed by atoms with E-state index in [0.29, 0.717) is 6.42 Å². The average Bonchev–Trinajstić information content (AvgIpc) is 2.77. The van der Waals surface area contributed by atoms with Crippen molar-refractivity contribution < 1.29 is 21.6 Å². The number of halogens is 1. The molecule has 1 aliphatic heterocycles. The van der Waals surface area contributed by atoms with E-state index in [1.807, 2.05) is 0 Å². The summed E-state index contributed by atoms with van der Waals surface area (Å²) in [5.41, 5.74) is -0.00103. The zero-order valence-corrected chi connectivity index (χ0v) is 15.0. The van der Waals surface area contributed by atoms with E-state index in [-0.39, 0.29) is 27.0 Å². The fourth-order valence-corrected chi connectivity index (χ4v) is 5.03. The van der Waals surface area contributed by atoms with Gasteiger partial charge in [-0.25, -0.2) is 21.1 Å². The predicted molar refractivity (Wildman–Crippen MR) is 86.8 cm³/mol. The molecule has 128 valence electrons. The van der Waals surface area contributed by atoms with Crippen molar-refractivity contribution in [3.05, 3.63) is 28.8 Å². The van der Waals surface area contributed by atoms with Crippen LogP contribution in [0.5, 0.6) is 0 Å². The number of hydrogen-bond acceptors (Lipinski definition) is 5. The Morgan fingerprint density at radius 3 is 2.52 bits per heavy atom. The topological polar surface area (TPSA) is 101 Å². The van der Waals surface area contributed by atoms with Gasteiger partial charge < -0.3 is 5.32 Å². The third-order valence-corrected chi connectivity index (χ3v) is 7.44. The number of carbonyl (C=O) groups excluding carboxylic acids is 1. The van der Waals surface area contributed by atoms with Gasteiger partial charge in [0.25, 0.3) is 5.91 Å². The van der Waals surface area contributed by atoms with Crippen LogP contribution in [0, 0.1) is 0 Å². The van der Waals surface area contributed by atoms with Crippen molar-refractivity contribution in [3.8, 4) is 0 Å². The molecule has 1 atom stereocenters. The van der Waals surface area contributed by atoms with Gasteiger partial charge in [0.05, 0.1) is 27.0 Å². The molecule has 1 heterocycles. The molecule has 0 aliphatic carbocycles. The van der Waals surface area contributed by atoms with Crippen LogP contribution in [0.4, 0.5) is 0 Å². The second-order valence-electron chi connectivity index (χ2n) is 5.50. The Morgan fingerprint density at radius 1 is 1.35 bits per heavy atom. The maximum absolute atomic E-state index is 12.3. The minimum Gasteiger partial charge on any atom is -0.348 e. The van der Waals surface area contributed by atoms with Crippen molar-refractivity contribution in [3.63, 3.8) is 0 Å². The smallest absolute Gasteiger partial charge is 0.253 e. The summed E-state index contributed by atoms with van der Waals surface area (Å²) in [7, 11) is -4.06. The van der Waals surface area contributed by atoms with Crippen LogP contribution >= 0.6 is 11.6 Å². The minimum absolute atomic E-state index is 0.00103. The molecule has 0 spiro atoms. The lowest BCUT2D eigenvalue weighted by atomic mass is 10.2. The molecule has 1 aliphatic rings. The van der Waals surface area contributed by atoms with Crippen LogP contribution in [0.15, 0.2) is 23.1 Å². The summed E-state index contributed by atoms with van der Waals surface area (Å²) < 4.78 is 48.1. The van der Waals surface area contributed by atoms with Crippen molar-refractivity contribution in [2.75, 3.05) is 25.6 Å². The van der Waals surface area contributed by atoms with Crippen molar-refractivity contribution in [1.29, 1.82) is 0 Å². The number of nitrogens with one attached hydrogen (secondary N) is 1. The molecule has 0 radical (unpaired) electrons. The van der Waals surface area contributed by atoms with Gasteiger partial charge in [-0.2, -0.15) is 0 Å². The van der Waals surface area contributed by atoms with Gasteiger partial charge in [0, 0.05) is 20.1 Å². The van der Waals surface area contributed by atoms with Gasteiger partial charge in [0.2, 0.25) is 10.0 Å². The Morgan fingerprint density at radius 2 is 2.00 bits per heavy atom. The van der Waals surface area contributed by atoms with Gasteiger partial charge in [-0.05, 0) is 24.6 Å². The van der Waals surface area contributed by atoms with Crippen LogP contribution < -0.4 is 5.32 Å².